The monoisotopic (exact) mass is 529 g/mol. The van der Waals surface area contributed by atoms with Crippen LogP contribution in [0.3, 0.4) is 0 Å². The smallest absolute Gasteiger partial charge is 0.281 e. The summed E-state index contributed by atoms with van der Waals surface area (Å²) in [6.45, 7) is 10.0. The van der Waals surface area contributed by atoms with Gasteiger partial charge in [-0.05, 0) is 54.5 Å². The number of nitrogens with one attached hydrogen (secondary N) is 2. The normalized spacial score (nSPS) is 18.2. The highest BCUT2D eigenvalue weighted by atomic mass is 32.2. The summed E-state index contributed by atoms with van der Waals surface area (Å²) in [5.41, 5.74) is 1.05. The maximum Gasteiger partial charge on any atom is 0.281 e. The molecule has 0 bridgehead atoms. The van der Waals surface area contributed by atoms with E-state index in [0.29, 0.717) is 54.4 Å². The Hall–Kier alpha value is -3.47. The fraction of sp³-hybridized carbons (Fsp3) is 0.423. The summed E-state index contributed by atoms with van der Waals surface area (Å²) in [4.78, 5) is 20.0. The lowest BCUT2D eigenvalue weighted by Crippen LogP contribution is -2.41. The quantitative estimate of drug-likeness (QED) is 0.448. The molecule has 1 aliphatic rings. The van der Waals surface area contributed by atoms with Gasteiger partial charge in [-0.3, -0.25) is 9.89 Å². The number of hydrogen-bond acceptors (Lipinski definition) is 7. The Morgan fingerprint density at radius 3 is 2.57 bits per heavy atom. The molecule has 3 aromatic rings. The average molecular weight is 530 g/mol. The molecule has 1 aromatic carbocycles. The van der Waals surface area contributed by atoms with E-state index in [4.69, 9.17) is 9.72 Å². The summed E-state index contributed by atoms with van der Waals surface area (Å²) in [7, 11) is -4.15. The van der Waals surface area contributed by atoms with Crippen molar-refractivity contribution >= 4 is 21.7 Å². The van der Waals surface area contributed by atoms with Gasteiger partial charge in [0.05, 0.1) is 24.1 Å². The van der Waals surface area contributed by atoms with Crippen LogP contribution in [0.2, 0.25) is 0 Å². The van der Waals surface area contributed by atoms with Gasteiger partial charge in [0.1, 0.15) is 17.4 Å². The Morgan fingerprint density at radius 1 is 1.19 bits per heavy atom. The number of H-pyrrole nitrogens is 1. The van der Waals surface area contributed by atoms with Gasteiger partial charge in [0.2, 0.25) is 0 Å². The van der Waals surface area contributed by atoms with Crippen LogP contribution >= 0.6 is 0 Å². The number of aromatic amines is 1. The van der Waals surface area contributed by atoms with E-state index in [1.807, 2.05) is 18.7 Å². The number of hydrogen-bond donors (Lipinski definition) is 2. The van der Waals surface area contributed by atoms with Gasteiger partial charge in [-0.1, -0.05) is 27.7 Å². The lowest BCUT2D eigenvalue weighted by atomic mass is 9.91. The number of carbonyl (C=O) groups excluding carboxylic acids is 1. The van der Waals surface area contributed by atoms with E-state index < -0.39 is 21.7 Å². The predicted molar refractivity (Wildman–Crippen MR) is 138 cm³/mol. The zero-order valence-electron chi connectivity index (χ0n) is 21.4. The summed E-state index contributed by atoms with van der Waals surface area (Å²) in [6, 6.07) is 8.76. The number of benzene rings is 1. The van der Waals surface area contributed by atoms with Crippen molar-refractivity contribution in [3.05, 3.63) is 54.0 Å². The molecule has 11 heteroatoms. The Kier molecular flexibility index (Phi) is 7.82. The topological polar surface area (TPSA) is 117 Å². The van der Waals surface area contributed by atoms with Gasteiger partial charge in [-0.25, -0.2) is 14.1 Å². The molecule has 1 fully saturated rings. The predicted octanol–water partition coefficient (Wildman–Crippen LogP) is 4.25. The first-order chi connectivity index (χ1) is 17.5. The molecule has 2 aromatic heterocycles. The standard InChI is InChI=1S/C26H32FN5O4S/c1-16(2)15-36-21-11-19(10-20(27)12-21)23-6-5-22(25(29-23)32-13-17(3)9-18(4)14-32)26(33)31-37(34,35)24-7-8-28-30-24/h5-8,10-12,16-18H,9,13-15H2,1-4H3,(H,28,30)(H,31,33)/t17-,18-/m1/s1. The molecule has 1 amide bonds. The van der Waals surface area contributed by atoms with E-state index in [1.54, 1.807) is 12.1 Å². The second kappa shape index (κ2) is 10.9. The molecule has 198 valence electrons. The molecule has 2 atom stereocenters. The van der Waals surface area contributed by atoms with Gasteiger partial charge >= 0.3 is 0 Å². The van der Waals surface area contributed by atoms with Crippen LogP contribution in [0.4, 0.5) is 10.2 Å². The van der Waals surface area contributed by atoms with Crippen LogP contribution in [-0.2, 0) is 10.0 Å². The van der Waals surface area contributed by atoms with Gasteiger partial charge in [0, 0.05) is 24.7 Å². The molecule has 1 saturated heterocycles. The van der Waals surface area contributed by atoms with E-state index in [-0.39, 0.29) is 16.5 Å². The second-order valence-corrected chi connectivity index (χ2v) is 11.8. The molecule has 0 spiro atoms. The van der Waals surface area contributed by atoms with Gasteiger partial charge in [-0.2, -0.15) is 13.5 Å². The highest BCUT2D eigenvalue weighted by Crippen LogP contribution is 2.32. The lowest BCUT2D eigenvalue weighted by Gasteiger charge is -2.36. The highest BCUT2D eigenvalue weighted by molar-refractivity contribution is 7.90. The molecular formula is C26H32FN5O4S. The number of ether oxygens (including phenoxy) is 1. The minimum atomic E-state index is -4.15. The van der Waals surface area contributed by atoms with Crippen LogP contribution < -0.4 is 14.4 Å². The van der Waals surface area contributed by atoms with E-state index in [1.165, 1.54) is 30.5 Å². The number of pyridine rings is 1. The van der Waals surface area contributed by atoms with Crippen LogP contribution in [0.5, 0.6) is 5.75 Å². The molecule has 0 unspecified atom stereocenters. The minimum absolute atomic E-state index is 0.112. The minimum Gasteiger partial charge on any atom is -0.493 e. The molecule has 0 saturated carbocycles. The van der Waals surface area contributed by atoms with Gasteiger partial charge in [0.15, 0.2) is 5.03 Å². The summed E-state index contributed by atoms with van der Waals surface area (Å²) < 4.78 is 47.6. The summed E-state index contributed by atoms with van der Waals surface area (Å²) >= 11 is 0. The first kappa shape index (κ1) is 26.6. The van der Waals surface area contributed by atoms with Crippen molar-refractivity contribution < 1.29 is 22.3 Å². The maximum atomic E-state index is 14.5. The number of piperidine rings is 1. The van der Waals surface area contributed by atoms with Gasteiger partial charge < -0.3 is 9.64 Å². The number of rotatable bonds is 8. The zero-order valence-corrected chi connectivity index (χ0v) is 22.2. The van der Waals surface area contributed by atoms with Crippen LogP contribution in [0.25, 0.3) is 11.3 Å². The van der Waals surface area contributed by atoms with Crippen LogP contribution in [-0.4, -0.2) is 49.2 Å². The fourth-order valence-electron chi connectivity index (χ4n) is 4.54. The van der Waals surface area contributed by atoms with E-state index in [9.17, 15) is 17.6 Å². The fourth-order valence-corrected chi connectivity index (χ4v) is 5.42. The van der Waals surface area contributed by atoms with Crippen LogP contribution in [0.1, 0.15) is 44.5 Å². The maximum absolute atomic E-state index is 14.5. The summed E-state index contributed by atoms with van der Waals surface area (Å²) in [6.07, 6.45) is 2.32. The molecule has 2 N–H and O–H groups in total. The Morgan fingerprint density at radius 2 is 1.92 bits per heavy atom. The first-order valence-electron chi connectivity index (χ1n) is 12.3. The molecule has 4 rings (SSSR count). The number of nitrogens with zero attached hydrogens (tertiary/aromatic N) is 3. The van der Waals surface area contributed by atoms with Crippen molar-refractivity contribution in [2.75, 3.05) is 24.6 Å². The number of halogens is 1. The van der Waals surface area contributed by atoms with Crippen LogP contribution in [0, 0.1) is 23.6 Å². The van der Waals surface area contributed by atoms with E-state index >= 15 is 0 Å². The summed E-state index contributed by atoms with van der Waals surface area (Å²) in [5, 5.41) is 5.78. The molecule has 0 aliphatic carbocycles. The molecule has 3 heterocycles. The number of anilines is 1. The molecule has 37 heavy (non-hydrogen) atoms. The van der Waals surface area contributed by atoms with Crippen molar-refractivity contribution in [2.24, 2.45) is 17.8 Å². The molecular weight excluding hydrogens is 497 g/mol. The molecule has 1 aliphatic heterocycles. The van der Waals surface area contributed by atoms with Crippen LogP contribution in [0.15, 0.2) is 47.6 Å². The lowest BCUT2D eigenvalue weighted by molar-refractivity contribution is 0.0981. The number of carbonyl (C=O) groups is 1. The van der Waals surface area contributed by atoms with Crippen molar-refractivity contribution in [1.82, 2.24) is 19.9 Å². The molecule has 0 radical (unpaired) electrons. The first-order valence-corrected chi connectivity index (χ1v) is 13.8. The van der Waals surface area contributed by atoms with E-state index in [0.717, 1.165) is 6.42 Å². The number of sulfonamides is 1. The third kappa shape index (κ3) is 6.46. The summed E-state index contributed by atoms with van der Waals surface area (Å²) in [5.74, 6) is 0.437. The average Bonchev–Trinajstić information content (AvgIpc) is 3.37. The van der Waals surface area contributed by atoms with Gasteiger partial charge in [-0.15, -0.1) is 0 Å². The Balaban J connectivity index is 1.73. The SMILES string of the molecule is CC(C)COc1cc(F)cc(-c2ccc(C(=O)NS(=O)(=O)c3ccn[nH]3)c(N3C[C@H](C)C[C@@H](C)C3)n2)c1. The largest absolute Gasteiger partial charge is 0.493 e. The van der Waals surface area contributed by atoms with Crippen molar-refractivity contribution in [3.63, 3.8) is 0 Å². The molecule has 9 nitrogen and oxygen atoms in total. The number of amides is 1. The van der Waals surface area contributed by atoms with Crippen molar-refractivity contribution in [2.45, 2.75) is 39.1 Å². The third-order valence-electron chi connectivity index (χ3n) is 6.03. The van der Waals surface area contributed by atoms with Crippen molar-refractivity contribution in [3.8, 4) is 17.0 Å². The van der Waals surface area contributed by atoms with Gasteiger partial charge in [0.25, 0.3) is 15.9 Å². The van der Waals surface area contributed by atoms with Crippen molar-refractivity contribution in [1.29, 1.82) is 0 Å². The zero-order chi connectivity index (χ0) is 26.7. The number of aromatic nitrogens is 3. The third-order valence-corrected chi connectivity index (χ3v) is 7.29. The highest BCUT2D eigenvalue weighted by Gasteiger charge is 2.29. The second-order valence-electron chi connectivity index (χ2n) is 10.2. The van der Waals surface area contributed by atoms with E-state index in [2.05, 4.69) is 28.8 Å². The Bertz CT molecular complexity index is 1350. The Labute approximate surface area is 216 Å².